The summed E-state index contributed by atoms with van der Waals surface area (Å²) in [5.74, 6) is 0.200. The first-order valence-corrected chi connectivity index (χ1v) is 8.63. The lowest BCUT2D eigenvalue weighted by Gasteiger charge is -2.31. The van der Waals surface area contributed by atoms with Crippen LogP contribution in [0.3, 0.4) is 0 Å². The molecular weight excluding hydrogens is 361 g/mol. The number of nitrogens with zero attached hydrogens (tertiary/aromatic N) is 3. The van der Waals surface area contributed by atoms with Crippen molar-refractivity contribution < 1.29 is 18.7 Å². The fraction of sp³-hybridized carbons (Fsp3) is 0.444. The van der Waals surface area contributed by atoms with Crippen LogP contribution in [0, 0.1) is 5.82 Å². The zero-order valence-corrected chi connectivity index (χ0v) is 15.9. The molecule has 1 aromatic heterocycles. The number of aromatic nitrogens is 2. The number of imidazole rings is 1. The van der Waals surface area contributed by atoms with Gasteiger partial charge in [0.1, 0.15) is 11.4 Å². The van der Waals surface area contributed by atoms with Crippen molar-refractivity contribution in [1.82, 2.24) is 14.5 Å². The van der Waals surface area contributed by atoms with Crippen LogP contribution in [0.5, 0.6) is 5.75 Å². The number of carbonyl (C=O) groups excluding carboxylic acids is 1. The molecule has 0 spiro atoms. The van der Waals surface area contributed by atoms with Gasteiger partial charge in [-0.1, -0.05) is 11.6 Å². The molecule has 140 valence electrons. The molecule has 1 aliphatic rings. The number of benzene rings is 1. The first-order chi connectivity index (χ1) is 12.2. The Morgan fingerprint density at radius 3 is 2.65 bits per heavy atom. The largest absolute Gasteiger partial charge is 0.492 e. The van der Waals surface area contributed by atoms with Crippen LogP contribution >= 0.6 is 11.6 Å². The Hall–Kier alpha value is -2.28. The summed E-state index contributed by atoms with van der Waals surface area (Å²) < 4.78 is 26.5. The zero-order valence-electron chi connectivity index (χ0n) is 15.2. The van der Waals surface area contributed by atoms with Crippen molar-refractivity contribution in [2.45, 2.75) is 39.5 Å². The highest BCUT2D eigenvalue weighted by Crippen LogP contribution is 2.34. The van der Waals surface area contributed by atoms with Crippen molar-refractivity contribution in [2.75, 3.05) is 13.7 Å². The summed E-state index contributed by atoms with van der Waals surface area (Å²) in [6.45, 7) is 6.84. The van der Waals surface area contributed by atoms with Crippen molar-refractivity contribution in [1.29, 1.82) is 0 Å². The normalized spacial score (nSPS) is 14.2. The van der Waals surface area contributed by atoms with E-state index < -0.39 is 11.4 Å². The van der Waals surface area contributed by atoms with Crippen LogP contribution in [0.2, 0.25) is 5.02 Å². The van der Waals surface area contributed by atoms with Gasteiger partial charge in [0.2, 0.25) is 0 Å². The molecule has 6 nitrogen and oxygen atoms in total. The average molecular weight is 382 g/mol. The fourth-order valence-electron chi connectivity index (χ4n) is 2.88. The van der Waals surface area contributed by atoms with Gasteiger partial charge in [-0.2, -0.15) is 0 Å². The Labute approximate surface area is 156 Å². The summed E-state index contributed by atoms with van der Waals surface area (Å²) in [7, 11) is 1.37. The van der Waals surface area contributed by atoms with Gasteiger partial charge in [0, 0.05) is 18.7 Å². The van der Waals surface area contributed by atoms with E-state index in [1.807, 2.05) is 25.3 Å². The van der Waals surface area contributed by atoms with Gasteiger partial charge in [0.15, 0.2) is 11.6 Å². The topological polar surface area (TPSA) is 56.6 Å². The van der Waals surface area contributed by atoms with Crippen molar-refractivity contribution in [3.8, 4) is 17.0 Å². The molecule has 2 aromatic rings. The Balaban J connectivity index is 1.85. The van der Waals surface area contributed by atoms with E-state index in [0.29, 0.717) is 31.0 Å². The van der Waals surface area contributed by atoms with Gasteiger partial charge in [0.05, 0.1) is 30.6 Å². The molecule has 0 radical (unpaired) electrons. The maximum atomic E-state index is 14.2. The average Bonchev–Trinajstić information content (AvgIpc) is 2.96. The number of hydrogen-bond donors (Lipinski definition) is 0. The monoisotopic (exact) mass is 381 g/mol. The summed E-state index contributed by atoms with van der Waals surface area (Å²) in [6, 6.07) is 3.02. The summed E-state index contributed by atoms with van der Waals surface area (Å²) in [4.78, 5) is 18.2. The summed E-state index contributed by atoms with van der Waals surface area (Å²) >= 11 is 6.10. The smallest absolute Gasteiger partial charge is 0.410 e. The van der Waals surface area contributed by atoms with E-state index in [2.05, 4.69) is 4.98 Å². The second kappa shape index (κ2) is 6.79. The lowest BCUT2D eigenvalue weighted by atomic mass is 10.1. The third-order valence-corrected chi connectivity index (χ3v) is 4.29. The highest BCUT2D eigenvalue weighted by molar-refractivity contribution is 6.32. The number of fused-ring (bicyclic) bond motifs is 1. The zero-order chi connectivity index (χ0) is 19.1. The van der Waals surface area contributed by atoms with Crippen LogP contribution in [0.1, 0.15) is 26.6 Å². The molecule has 8 heteroatoms. The van der Waals surface area contributed by atoms with E-state index in [1.54, 1.807) is 17.2 Å². The standard InChI is InChI=1S/C18H21ClFN3O3/c1-18(2,3)26-17(24)22-5-6-23-14(9-21-15(23)10-22)11-7-12(19)16(25-4)13(20)8-11/h7-9H,5-6,10H2,1-4H3. The minimum Gasteiger partial charge on any atom is -0.492 e. The highest BCUT2D eigenvalue weighted by atomic mass is 35.5. The Morgan fingerprint density at radius 2 is 2.04 bits per heavy atom. The third kappa shape index (κ3) is 3.62. The molecule has 0 saturated carbocycles. The number of carbonyl (C=O) groups is 1. The van der Waals surface area contributed by atoms with Gasteiger partial charge in [0.25, 0.3) is 0 Å². The molecular formula is C18H21ClFN3O3. The summed E-state index contributed by atoms with van der Waals surface area (Å²) in [5.41, 5.74) is 0.803. The van der Waals surface area contributed by atoms with E-state index in [1.165, 1.54) is 13.2 Å². The predicted octanol–water partition coefficient (Wildman–Crippen LogP) is 4.10. The van der Waals surface area contributed by atoms with Crippen LogP contribution in [0.25, 0.3) is 11.3 Å². The maximum Gasteiger partial charge on any atom is 0.410 e. The lowest BCUT2D eigenvalue weighted by molar-refractivity contribution is 0.0196. The van der Waals surface area contributed by atoms with E-state index in [-0.39, 0.29) is 16.9 Å². The molecule has 1 amide bonds. The summed E-state index contributed by atoms with van der Waals surface area (Å²) in [6.07, 6.45) is 1.29. The maximum absolute atomic E-state index is 14.2. The number of halogens is 2. The molecule has 0 unspecified atom stereocenters. The van der Waals surface area contributed by atoms with Crippen molar-refractivity contribution in [3.05, 3.63) is 35.0 Å². The Bertz CT molecular complexity index is 822. The second-order valence-electron chi connectivity index (χ2n) is 7.09. The minimum atomic E-state index is -0.549. The van der Waals surface area contributed by atoms with Crippen LogP contribution in [-0.2, 0) is 17.8 Å². The van der Waals surface area contributed by atoms with Crippen molar-refractivity contribution >= 4 is 17.7 Å². The molecule has 26 heavy (non-hydrogen) atoms. The van der Waals surface area contributed by atoms with Gasteiger partial charge < -0.3 is 14.0 Å². The molecule has 3 rings (SSSR count). The van der Waals surface area contributed by atoms with Crippen molar-refractivity contribution in [3.63, 3.8) is 0 Å². The number of hydrogen-bond acceptors (Lipinski definition) is 4. The lowest BCUT2D eigenvalue weighted by Crippen LogP contribution is -2.41. The van der Waals surface area contributed by atoms with Gasteiger partial charge in [-0.25, -0.2) is 14.2 Å². The van der Waals surface area contributed by atoms with Gasteiger partial charge in [-0.05, 0) is 32.9 Å². The second-order valence-corrected chi connectivity index (χ2v) is 7.49. The minimum absolute atomic E-state index is 0.0184. The summed E-state index contributed by atoms with van der Waals surface area (Å²) in [5, 5.41) is 0.198. The third-order valence-electron chi connectivity index (χ3n) is 4.01. The number of amides is 1. The van der Waals surface area contributed by atoms with E-state index in [9.17, 15) is 9.18 Å². The predicted molar refractivity (Wildman–Crippen MR) is 95.8 cm³/mol. The van der Waals surface area contributed by atoms with E-state index in [0.717, 1.165) is 5.69 Å². The molecule has 2 heterocycles. The number of ether oxygens (including phenoxy) is 2. The Morgan fingerprint density at radius 1 is 1.31 bits per heavy atom. The van der Waals surface area contributed by atoms with E-state index in [4.69, 9.17) is 21.1 Å². The molecule has 0 N–H and O–H groups in total. The first-order valence-electron chi connectivity index (χ1n) is 8.25. The highest BCUT2D eigenvalue weighted by Gasteiger charge is 2.28. The van der Waals surface area contributed by atoms with Gasteiger partial charge in [-0.3, -0.25) is 4.90 Å². The molecule has 0 saturated heterocycles. The number of rotatable bonds is 2. The van der Waals surface area contributed by atoms with Crippen molar-refractivity contribution in [2.24, 2.45) is 0 Å². The molecule has 0 atom stereocenters. The fourth-order valence-corrected chi connectivity index (χ4v) is 3.16. The van der Waals surface area contributed by atoms with Crippen LogP contribution in [-0.4, -0.2) is 39.8 Å². The number of methoxy groups -OCH3 is 1. The van der Waals surface area contributed by atoms with Gasteiger partial charge in [-0.15, -0.1) is 0 Å². The van der Waals surface area contributed by atoms with Crippen LogP contribution in [0.4, 0.5) is 9.18 Å². The quantitative estimate of drug-likeness (QED) is 0.785. The van der Waals surface area contributed by atoms with Crippen LogP contribution in [0.15, 0.2) is 18.3 Å². The molecule has 1 aromatic carbocycles. The molecule has 1 aliphatic heterocycles. The van der Waals surface area contributed by atoms with E-state index >= 15 is 0 Å². The molecule has 0 bridgehead atoms. The van der Waals surface area contributed by atoms with Gasteiger partial charge >= 0.3 is 6.09 Å². The Kier molecular flexibility index (Phi) is 4.84. The SMILES string of the molecule is COc1c(F)cc(-c2cnc3n2CCN(C(=O)OC(C)(C)C)C3)cc1Cl. The van der Waals surface area contributed by atoms with Crippen LogP contribution < -0.4 is 4.74 Å². The molecule has 0 fully saturated rings. The molecule has 0 aliphatic carbocycles. The first kappa shape index (κ1) is 18.5.